The van der Waals surface area contributed by atoms with Gasteiger partial charge in [0, 0.05) is 6.07 Å². The fourth-order valence-corrected chi connectivity index (χ4v) is 1.71. The van der Waals surface area contributed by atoms with E-state index in [4.69, 9.17) is 9.47 Å². The van der Waals surface area contributed by atoms with Gasteiger partial charge in [-0.3, -0.25) is 0 Å². The van der Waals surface area contributed by atoms with Gasteiger partial charge in [-0.15, -0.1) is 0 Å². The summed E-state index contributed by atoms with van der Waals surface area (Å²) in [5, 5.41) is 0. The van der Waals surface area contributed by atoms with Crippen LogP contribution in [0.4, 0.5) is 0 Å². The van der Waals surface area contributed by atoms with E-state index in [1.165, 1.54) is 0 Å². The molecule has 2 rings (SSSR count). The van der Waals surface area contributed by atoms with Crippen molar-refractivity contribution in [2.45, 2.75) is 6.92 Å². The average molecular weight is 238 g/mol. The van der Waals surface area contributed by atoms with Crippen LogP contribution in [0.25, 0.3) is 11.0 Å². The van der Waals surface area contributed by atoms with Crippen molar-refractivity contribution in [2.24, 2.45) is 0 Å². The molecule has 16 heavy (non-hydrogen) atoms. The molecule has 0 aliphatic heterocycles. The first-order chi connectivity index (χ1) is 7.79. The van der Waals surface area contributed by atoms with Crippen molar-refractivity contribution in [3.63, 3.8) is 0 Å². The lowest BCUT2D eigenvalue weighted by atomic mass is 10.3. The summed E-state index contributed by atoms with van der Waals surface area (Å²) in [5.74, 6) is 0.215. The highest BCUT2D eigenvalue weighted by atomic mass is 32.1. The van der Waals surface area contributed by atoms with Gasteiger partial charge in [0.1, 0.15) is 16.8 Å². The number of hydrogen-bond acceptors (Lipinski definition) is 6. The molecule has 1 aromatic heterocycles. The maximum absolute atomic E-state index is 11.1. The average Bonchev–Trinajstić information content (AvgIpc) is 2.74. The molecular weight excluding hydrogens is 228 g/mol. The Kier molecular flexibility index (Phi) is 3.31. The number of carbonyl (C=O) groups is 1. The van der Waals surface area contributed by atoms with Gasteiger partial charge in [0.15, 0.2) is 6.61 Å². The van der Waals surface area contributed by atoms with Crippen molar-refractivity contribution in [1.29, 1.82) is 0 Å². The minimum atomic E-state index is -0.376. The Morgan fingerprint density at radius 1 is 1.38 bits per heavy atom. The highest BCUT2D eigenvalue weighted by molar-refractivity contribution is 7.00. The molecular formula is C10H10N2O3S. The van der Waals surface area contributed by atoms with Crippen LogP contribution in [-0.2, 0) is 9.53 Å². The van der Waals surface area contributed by atoms with Crippen molar-refractivity contribution < 1.29 is 14.3 Å². The van der Waals surface area contributed by atoms with Crippen molar-refractivity contribution >= 4 is 28.7 Å². The molecule has 0 aliphatic rings. The Hall–Kier alpha value is -1.69. The third-order valence-electron chi connectivity index (χ3n) is 1.89. The number of rotatable bonds is 4. The number of aromatic nitrogens is 2. The second kappa shape index (κ2) is 4.89. The molecule has 0 radical (unpaired) electrons. The molecule has 84 valence electrons. The SMILES string of the molecule is CCOC(=O)COc1ccc2nsnc2c1. The molecule has 0 unspecified atom stereocenters. The van der Waals surface area contributed by atoms with Gasteiger partial charge in [0.05, 0.1) is 18.3 Å². The van der Waals surface area contributed by atoms with Gasteiger partial charge in [0.2, 0.25) is 0 Å². The van der Waals surface area contributed by atoms with Gasteiger partial charge >= 0.3 is 5.97 Å². The fraction of sp³-hybridized carbons (Fsp3) is 0.300. The second-order valence-corrected chi connectivity index (χ2v) is 3.54. The van der Waals surface area contributed by atoms with E-state index in [0.717, 1.165) is 22.8 Å². The first kappa shape index (κ1) is 10.8. The highest BCUT2D eigenvalue weighted by Gasteiger charge is 2.04. The third kappa shape index (κ3) is 2.46. The van der Waals surface area contributed by atoms with Gasteiger partial charge < -0.3 is 9.47 Å². The van der Waals surface area contributed by atoms with Crippen LogP contribution in [-0.4, -0.2) is 27.9 Å². The zero-order valence-corrected chi connectivity index (χ0v) is 9.49. The number of esters is 1. The molecule has 6 heteroatoms. The summed E-state index contributed by atoms with van der Waals surface area (Å²) in [6.07, 6.45) is 0. The smallest absolute Gasteiger partial charge is 0.344 e. The van der Waals surface area contributed by atoms with Gasteiger partial charge in [-0.05, 0) is 19.1 Å². The standard InChI is InChI=1S/C10H10N2O3S/c1-2-14-10(13)6-15-7-3-4-8-9(5-7)12-16-11-8/h3-5H,2,6H2,1H3. The molecule has 0 atom stereocenters. The molecule has 0 amide bonds. The van der Waals surface area contributed by atoms with Crippen LogP contribution in [0.1, 0.15) is 6.92 Å². The summed E-state index contributed by atoms with van der Waals surface area (Å²) in [4.78, 5) is 11.1. The van der Waals surface area contributed by atoms with Crippen molar-refractivity contribution in [2.75, 3.05) is 13.2 Å². The summed E-state index contributed by atoms with van der Waals surface area (Å²) in [5.41, 5.74) is 1.60. The molecule has 0 N–H and O–H groups in total. The minimum absolute atomic E-state index is 0.0864. The molecule has 1 aromatic carbocycles. The molecule has 1 heterocycles. The van der Waals surface area contributed by atoms with E-state index < -0.39 is 0 Å². The van der Waals surface area contributed by atoms with Crippen LogP contribution in [0.15, 0.2) is 18.2 Å². The highest BCUT2D eigenvalue weighted by Crippen LogP contribution is 2.18. The van der Waals surface area contributed by atoms with Crippen LogP contribution in [0, 0.1) is 0 Å². The molecule has 0 aliphatic carbocycles. The summed E-state index contributed by atoms with van der Waals surface area (Å²) < 4.78 is 18.2. The maximum Gasteiger partial charge on any atom is 0.344 e. The number of carbonyl (C=O) groups excluding carboxylic acids is 1. The lowest BCUT2D eigenvalue weighted by Gasteiger charge is -2.04. The lowest BCUT2D eigenvalue weighted by Crippen LogP contribution is -2.14. The summed E-state index contributed by atoms with van der Waals surface area (Å²) in [7, 11) is 0. The first-order valence-electron chi connectivity index (χ1n) is 4.80. The quantitative estimate of drug-likeness (QED) is 0.758. The number of hydrogen-bond donors (Lipinski definition) is 0. The third-order valence-corrected chi connectivity index (χ3v) is 2.44. The van der Waals surface area contributed by atoms with Crippen molar-refractivity contribution in [3.05, 3.63) is 18.2 Å². The Morgan fingerprint density at radius 2 is 2.19 bits per heavy atom. The van der Waals surface area contributed by atoms with Gasteiger partial charge in [-0.2, -0.15) is 8.75 Å². The van der Waals surface area contributed by atoms with Crippen molar-refractivity contribution in [3.8, 4) is 5.75 Å². The predicted octanol–water partition coefficient (Wildman–Crippen LogP) is 1.63. The molecule has 2 aromatic rings. The Balaban J connectivity index is 2.01. The number of ether oxygens (including phenoxy) is 2. The van der Waals surface area contributed by atoms with E-state index in [1.807, 2.05) is 0 Å². The second-order valence-electron chi connectivity index (χ2n) is 3.01. The Bertz CT molecular complexity index is 498. The van der Waals surface area contributed by atoms with E-state index in [2.05, 4.69) is 8.75 Å². The zero-order chi connectivity index (χ0) is 11.4. The topological polar surface area (TPSA) is 61.3 Å². The molecule has 0 spiro atoms. The van der Waals surface area contributed by atoms with Crippen LogP contribution < -0.4 is 4.74 Å². The van der Waals surface area contributed by atoms with Gasteiger partial charge in [0.25, 0.3) is 0 Å². The van der Waals surface area contributed by atoms with Crippen LogP contribution in [0.3, 0.4) is 0 Å². The van der Waals surface area contributed by atoms with Crippen LogP contribution in [0.5, 0.6) is 5.75 Å². The van der Waals surface area contributed by atoms with E-state index in [-0.39, 0.29) is 12.6 Å². The molecule has 0 bridgehead atoms. The predicted molar refractivity (Wildman–Crippen MR) is 59.5 cm³/mol. The van der Waals surface area contributed by atoms with Crippen LogP contribution >= 0.6 is 11.7 Å². The van der Waals surface area contributed by atoms with Gasteiger partial charge in [-0.1, -0.05) is 0 Å². The monoisotopic (exact) mass is 238 g/mol. The molecule has 0 saturated heterocycles. The van der Waals surface area contributed by atoms with Gasteiger partial charge in [-0.25, -0.2) is 4.79 Å². The number of nitrogens with zero attached hydrogens (tertiary/aromatic N) is 2. The summed E-state index contributed by atoms with van der Waals surface area (Å²) in [6, 6.07) is 5.31. The fourth-order valence-electron chi connectivity index (χ4n) is 1.20. The van der Waals surface area contributed by atoms with Crippen LogP contribution in [0.2, 0.25) is 0 Å². The minimum Gasteiger partial charge on any atom is -0.482 e. The van der Waals surface area contributed by atoms with E-state index in [1.54, 1.807) is 25.1 Å². The van der Waals surface area contributed by atoms with E-state index in [0.29, 0.717) is 12.4 Å². The number of fused-ring (bicyclic) bond motifs is 1. The lowest BCUT2D eigenvalue weighted by molar-refractivity contribution is -0.145. The normalized spacial score (nSPS) is 10.3. The molecule has 0 saturated carbocycles. The molecule has 5 nitrogen and oxygen atoms in total. The first-order valence-corrected chi connectivity index (χ1v) is 5.53. The van der Waals surface area contributed by atoms with E-state index in [9.17, 15) is 4.79 Å². The summed E-state index contributed by atoms with van der Waals surface area (Å²) >= 11 is 1.15. The largest absolute Gasteiger partial charge is 0.482 e. The van der Waals surface area contributed by atoms with E-state index >= 15 is 0 Å². The van der Waals surface area contributed by atoms with Crippen molar-refractivity contribution in [1.82, 2.24) is 8.75 Å². The Morgan fingerprint density at radius 3 is 3.00 bits per heavy atom. The molecule has 0 fully saturated rings. The summed E-state index contributed by atoms with van der Waals surface area (Å²) in [6.45, 7) is 2.03. The maximum atomic E-state index is 11.1. The number of benzene rings is 1. The Labute approximate surface area is 96.3 Å². The zero-order valence-electron chi connectivity index (χ0n) is 8.67.